The molecule has 0 saturated carbocycles. The Hall–Kier alpha value is -2.17. The highest BCUT2D eigenvalue weighted by molar-refractivity contribution is 5.24. The number of nitrogens with zero attached hydrogens (tertiary/aromatic N) is 2. The molecule has 5 heteroatoms. The van der Waals surface area contributed by atoms with Crippen LogP contribution in [0.1, 0.15) is 11.5 Å². The molecular weight excluding hydrogens is 206 g/mol. The number of aryl methyl sites for hydroxylation is 2. The van der Waals surface area contributed by atoms with Gasteiger partial charge in [0.1, 0.15) is 11.6 Å². The zero-order chi connectivity index (χ0) is 11.5. The Balaban J connectivity index is 2.26. The molecule has 0 bridgehead atoms. The zero-order valence-corrected chi connectivity index (χ0v) is 9.02. The van der Waals surface area contributed by atoms with Gasteiger partial charge in [-0.05, 0) is 26.0 Å². The van der Waals surface area contributed by atoms with Crippen LogP contribution in [0.2, 0.25) is 0 Å². The van der Waals surface area contributed by atoms with Crippen LogP contribution < -0.4 is 10.3 Å². The fourth-order valence-corrected chi connectivity index (χ4v) is 1.24. The molecule has 5 nitrogen and oxygen atoms in total. The number of aromatic amines is 1. The molecule has 0 aromatic carbocycles. The van der Waals surface area contributed by atoms with Gasteiger partial charge < -0.3 is 9.72 Å². The molecule has 82 valence electrons. The monoisotopic (exact) mass is 217 g/mol. The summed E-state index contributed by atoms with van der Waals surface area (Å²) in [7, 11) is 0. The SMILES string of the molecule is Cc1ccc(Oc2cc(=O)[nH]c(C)n2)cn1. The van der Waals surface area contributed by atoms with E-state index in [0.29, 0.717) is 11.6 Å². The number of hydrogen-bond acceptors (Lipinski definition) is 4. The Kier molecular flexibility index (Phi) is 2.68. The van der Waals surface area contributed by atoms with Crippen LogP contribution in [0.3, 0.4) is 0 Å². The van der Waals surface area contributed by atoms with E-state index in [-0.39, 0.29) is 11.4 Å². The first-order valence-electron chi connectivity index (χ1n) is 4.82. The van der Waals surface area contributed by atoms with Crippen LogP contribution in [0, 0.1) is 13.8 Å². The molecule has 2 heterocycles. The van der Waals surface area contributed by atoms with Crippen LogP contribution in [0.15, 0.2) is 29.2 Å². The maximum atomic E-state index is 11.2. The van der Waals surface area contributed by atoms with Crippen molar-refractivity contribution in [1.29, 1.82) is 0 Å². The largest absolute Gasteiger partial charge is 0.437 e. The first kappa shape index (κ1) is 10.4. The van der Waals surface area contributed by atoms with E-state index in [2.05, 4.69) is 15.0 Å². The van der Waals surface area contributed by atoms with Gasteiger partial charge in [0.05, 0.1) is 12.3 Å². The second-order valence-corrected chi connectivity index (χ2v) is 3.41. The van der Waals surface area contributed by atoms with E-state index in [4.69, 9.17) is 4.74 Å². The first-order chi connectivity index (χ1) is 7.63. The number of ether oxygens (including phenoxy) is 1. The van der Waals surface area contributed by atoms with Crippen molar-refractivity contribution < 1.29 is 4.74 Å². The van der Waals surface area contributed by atoms with E-state index >= 15 is 0 Å². The standard InChI is InChI=1S/C11H11N3O2/c1-7-3-4-9(6-12-7)16-11-5-10(15)13-8(2)14-11/h3-6H,1-2H3,(H,13,14,15). The van der Waals surface area contributed by atoms with E-state index in [9.17, 15) is 4.79 Å². The summed E-state index contributed by atoms with van der Waals surface area (Å²) in [4.78, 5) is 21.8. The molecule has 1 N–H and O–H groups in total. The Morgan fingerprint density at radius 1 is 1.31 bits per heavy atom. The quantitative estimate of drug-likeness (QED) is 0.829. The molecule has 2 aromatic rings. The van der Waals surface area contributed by atoms with Crippen molar-refractivity contribution in [2.45, 2.75) is 13.8 Å². The minimum atomic E-state index is -0.234. The predicted molar refractivity (Wildman–Crippen MR) is 58.6 cm³/mol. The van der Waals surface area contributed by atoms with Gasteiger partial charge in [-0.2, -0.15) is 0 Å². The maximum Gasteiger partial charge on any atom is 0.254 e. The molecule has 16 heavy (non-hydrogen) atoms. The van der Waals surface area contributed by atoms with Crippen LogP contribution >= 0.6 is 0 Å². The van der Waals surface area contributed by atoms with E-state index in [1.54, 1.807) is 19.2 Å². The molecule has 2 rings (SSSR count). The van der Waals surface area contributed by atoms with E-state index in [1.165, 1.54) is 6.07 Å². The molecule has 0 amide bonds. The van der Waals surface area contributed by atoms with Gasteiger partial charge in [-0.15, -0.1) is 0 Å². The normalized spacial score (nSPS) is 10.1. The predicted octanol–water partition coefficient (Wildman–Crippen LogP) is 1.57. The number of H-pyrrole nitrogens is 1. The molecule has 0 atom stereocenters. The molecule has 2 aromatic heterocycles. The zero-order valence-electron chi connectivity index (χ0n) is 9.02. The summed E-state index contributed by atoms with van der Waals surface area (Å²) >= 11 is 0. The van der Waals surface area contributed by atoms with Gasteiger partial charge >= 0.3 is 0 Å². The lowest BCUT2D eigenvalue weighted by atomic mass is 10.4. The van der Waals surface area contributed by atoms with E-state index in [0.717, 1.165) is 5.69 Å². The second-order valence-electron chi connectivity index (χ2n) is 3.41. The molecule has 0 unspecified atom stereocenters. The van der Waals surface area contributed by atoms with Crippen molar-refractivity contribution >= 4 is 0 Å². The maximum absolute atomic E-state index is 11.2. The van der Waals surface area contributed by atoms with Gasteiger partial charge in [0, 0.05) is 5.69 Å². The minimum absolute atomic E-state index is 0.234. The number of aromatic nitrogens is 3. The number of nitrogens with one attached hydrogen (secondary N) is 1. The molecule has 0 spiro atoms. The van der Waals surface area contributed by atoms with Crippen molar-refractivity contribution in [2.24, 2.45) is 0 Å². The fraction of sp³-hybridized carbons (Fsp3) is 0.182. The third kappa shape index (κ3) is 2.44. The molecule has 0 aliphatic rings. The highest BCUT2D eigenvalue weighted by Gasteiger charge is 2.01. The topological polar surface area (TPSA) is 67.9 Å². The van der Waals surface area contributed by atoms with Gasteiger partial charge in [0.2, 0.25) is 5.88 Å². The van der Waals surface area contributed by atoms with Crippen LogP contribution in [0.5, 0.6) is 11.6 Å². The summed E-state index contributed by atoms with van der Waals surface area (Å²) in [5.74, 6) is 1.34. The number of pyridine rings is 1. The van der Waals surface area contributed by atoms with Crippen LogP contribution in [0.25, 0.3) is 0 Å². The lowest BCUT2D eigenvalue weighted by molar-refractivity contribution is 0.456. The molecular formula is C11H11N3O2. The minimum Gasteiger partial charge on any atom is -0.437 e. The van der Waals surface area contributed by atoms with Gasteiger partial charge in [-0.25, -0.2) is 4.98 Å². The molecule has 0 fully saturated rings. The average molecular weight is 217 g/mol. The van der Waals surface area contributed by atoms with Crippen molar-refractivity contribution in [3.8, 4) is 11.6 Å². The molecule has 0 radical (unpaired) electrons. The summed E-state index contributed by atoms with van der Waals surface area (Å²) in [6, 6.07) is 4.91. The average Bonchev–Trinajstić information content (AvgIpc) is 2.20. The molecule has 0 aliphatic heterocycles. The summed E-state index contributed by atoms with van der Waals surface area (Å²) in [6.45, 7) is 3.58. The second kappa shape index (κ2) is 4.14. The van der Waals surface area contributed by atoms with Gasteiger partial charge in [-0.1, -0.05) is 0 Å². The summed E-state index contributed by atoms with van der Waals surface area (Å²) in [5, 5.41) is 0. The van der Waals surface area contributed by atoms with E-state index in [1.807, 2.05) is 13.0 Å². The lowest BCUT2D eigenvalue weighted by Gasteiger charge is -2.04. The van der Waals surface area contributed by atoms with Crippen LogP contribution in [0.4, 0.5) is 0 Å². The Bertz CT molecular complexity index is 546. The fourth-order valence-electron chi connectivity index (χ4n) is 1.24. The Morgan fingerprint density at radius 3 is 2.75 bits per heavy atom. The molecule has 0 aliphatic carbocycles. The number of hydrogen-bond donors (Lipinski definition) is 1. The van der Waals surface area contributed by atoms with Crippen LogP contribution in [-0.4, -0.2) is 15.0 Å². The smallest absolute Gasteiger partial charge is 0.254 e. The van der Waals surface area contributed by atoms with Crippen molar-refractivity contribution in [1.82, 2.24) is 15.0 Å². The van der Waals surface area contributed by atoms with Crippen molar-refractivity contribution in [3.63, 3.8) is 0 Å². The summed E-state index contributed by atoms with van der Waals surface area (Å²) < 4.78 is 5.40. The molecule has 0 saturated heterocycles. The van der Waals surface area contributed by atoms with Crippen molar-refractivity contribution in [2.75, 3.05) is 0 Å². The van der Waals surface area contributed by atoms with Gasteiger partial charge in [0.15, 0.2) is 0 Å². The lowest BCUT2D eigenvalue weighted by Crippen LogP contribution is -2.08. The first-order valence-corrected chi connectivity index (χ1v) is 4.82. The summed E-state index contributed by atoms with van der Waals surface area (Å²) in [6.07, 6.45) is 1.59. The third-order valence-corrected chi connectivity index (χ3v) is 1.94. The van der Waals surface area contributed by atoms with Gasteiger partial charge in [-0.3, -0.25) is 9.78 Å². The van der Waals surface area contributed by atoms with Gasteiger partial charge in [0.25, 0.3) is 5.56 Å². The summed E-state index contributed by atoms with van der Waals surface area (Å²) in [5.41, 5.74) is 0.671. The Morgan fingerprint density at radius 2 is 2.12 bits per heavy atom. The third-order valence-electron chi connectivity index (χ3n) is 1.94. The highest BCUT2D eigenvalue weighted by Crippen LogP contribution is 2.16. The Labute approximate surface area is 92.2 Å². The van der Waals surface area contributed by atoms with Crippen molar-refractivity contribution in [3.05, 3.63) is 46.3 Å². The van der Waals surface area contributed by atoms with Crippen LogP contribution in [-0.2, 0) is 0 Å². The van der Waals surface area contributed by atoms with E-state index < -0.39 is 0 Å². The highest BCUT2D eigenvalue weighted by atomic mass is 16.5. The number of rotatable bonds is 2.